The highest BCUT2D eigenvalue weighted by molar-refractivity contribution is 14.1. The first kappa shape index (κ1) is 11.9. The Labute approximate surface area is 119 Å². The van der Waals surface area contributed by atoms with Gasteiger partial charge in [0.15, 0.2) is 0 Å². The summed E-state index contributed by atoms with van der Waals surface area (Å²) in [6.45, 7) is 0.636. The number of likely N-dealkylation sites (tertiary alicyclic amines) is 1. The number of nitriles is 1. The number of nitrogens with zero attached hydrogens (tertiary/aromatic N) is 2. The average Bonchev–Trinajstić information content (AvgIpc) is 2.91. The van der Waals surface area contributed by atoms with Crippen LogP contribution in [0.5, 0.6) is 0 Å². The van der Waals surface area contributed by atoms with Crippen molar-refractivity contribution in [3.63, 3.8) is 0 Å². The zero-order valence-electron chi connectivity index (χ0n) is 9.69. The van der Waals surface area contributed by atoms with E-state index in [0.29, 0.717) is 13.0 Å². The first-order chi connectivity index (χ1) is 8.71. The van der Waals surface area contributed by atoms with Crippen molar-refractivity contribution in [1.82, 2.24) is 4.90 Å². The fourth-order valence-corrected chi connectivity index (χ4v) is 3.68. The van der Waals surface area contributed by atoms with Crippen LogP contribution < -0.4 is 5.32 Å². The highest BCUT2D eigenvalue weighted by atomic mass is 127. The van der Waals surface area contributed by atoms with Gasteiger partial charge in [-0.3, -0.25) is 9.69 Å². The van der Waals surface area contributed by atoms with Gasteiger partial charge >= 0.3 is 0 Å². The minimum Gasteiger partial charge on any atom is -0.325 e. The maximum Gasteiger partial charge on any atom is 0.236 e. The van der Waals surface area contributed by atoms with E-state index in [2.05, 4.69) is 38.9 Å². The number of hydrogen-bond donors (Lipinski definition) is 1. The Morgan fingerprint density at radius 2 is 2.33 bits per heavy atom. The van der Waals surface area contributed by atoms with Crippen molar-refractivity contribution in [2.45, 2.75) is 17.9 Å². The van der Waals surface area contributed by atoms with Gasteiger partial charge in [-0.25, -0.2) is 0 Å². The zero-order valence-corrected chi connectivity index (χ0v) is 11.8. The number of anilines is 1. The Bertz CT molecular complexity index is 553. The Kier molecular flexibility index (Phi) is 2.79. The van der Waals surface area contributed by atoms with Crippen molar-refractivity contribution in [3.8, 4) is 6.07 Å². The summed E-state index contributed by atoms with van der Waals surface area (Å²) >= 11 is 2.25. The largest absolute Gasteiger partial charge is 0.325 e. The van der Waals surface area contributed by atoms with Crippen LogP contribution in [-0.4, -0.2) is 27.9 Å². The molecule has 2 heterocycles. The Morgan fingerprint density at radius 3 is 3.00 bits per heavy atom. The first-order valence-corrected chi connectivity index (χ1v) is 7.34. The van der Waals surface area contributed by atoms with Crippen molar-refractivity contribution in [1.29, 1.82) is 5.26 Å². The number of alkyl halides is 1. The quantitative estimate of drug-likeness (QED) is 0.477. The molecule has 18 heavy (non-hydrogen) atoms. The summed E-state index contributed by atoms with van der Waals surface area (Å²) in [7, 11) is 0. The van der Waals surface area contributed by atoms with Gasteiger partial charge in [-0.15, -0.1) is 0 Å². The highest BCUT2D eigenvalue weighted by Gasteiger charge is 2.54. The van der Waals surface area contributed by atoms with Gasteiger partial charge in [-0.1, -0.05) is 40.8 Å². The molecule has 4 nitrogen and oxygen atoms in total. The molecule has 0 saturated carbocycles. The summed E-state index contributed by atoms with van der Waals surface area (Å²) < 4.78 is 0.771. The smallest absolute Gasteiger partial charge is 0.236 e. The van der Waals surface area contributed by atoms with Crippen LogP contribution in [0.1, 0.15) is 12.0 Å². The number of benzene rings is 1. The topological polar surface area (TPSA) is 56.1 Å². The number of rotatable bonds is 1. The molecule has 3 rings (SSSR count). The third-order valence-electron chi connectivity index (χ3n) is 3.88. The van der Waals surface area contributed by atoms with Gasteiger partial charge in [0.25, 0.3) is 0 Å². The molecule has 1 aromatic carbocycles. The summed E-state index contributed by atoms with van der Waals surface area (Å²) in [4.78, 5) is 14.4. The molecule has 5 heteroatoms. The molecular formula is C13H12IN3O. The Balaban J connectivity index is 2.07. The second-order valence-electron chi connectivity index (χ2n) is 4.80. The van der Waals surface area contributed by atoms with Gasteiger partial charge in [0.05, 0.1) is 22.1 Å². The van der Waals surface area contributed by atoms with Gasteiger partial charge in [0.2, 0.25) is 5.91 Å². The number of amides is 1. The number of nitrogens with one attached hydrogen (secondary N) is 1. The first-order valence-electron chi connectivity index (χ1n) is 5.82. The summed E-state index contributed by atoms with van der Waals surface area (Å²) in [5.74, 6) is 0.0382. The minimum absolute atomic E-state index is 0.0382. The van der Waals surface area contributed by atoms with Crippen LogP contribution in [0.25, 0.3) is 0 Å². The van der Waals surface area contributed by atoms with Crippen molar-refractivity contribution in [2.75, 3.05) is 16.4 Å². The van der Waals surface area contributed by atoms with Crippen LogP contribution in [0, 0.1) is 11.3 Å². The molecule has 0 unspecified atom stereocenters. The lowest BCUT2D eigenvalue weighted by atomic mass is 9.80. The number of carbonyl (C=O) groups is 1. The lowest BCUT2D eigenvalue weighted by molar-refractivity contribution is -0.120. The molecule has 1 aromatic rings. The van der Waals surface area contributed by atoms with E-state index in [9.17, 15) is 10.1 Å². The molecule has 92 valence electrons. The second kappa shape index (κ2) is 4.21. The number of hydrogen-bond acceptors (Lipinski definition) is 3. The van der Waals surface area contributed by atoms with Gasteiger partial charge < -0.3 is 5.32 Å². The van der Waals surface area contributed by atoms with Crippen molar-refractivity contribution < 1.29 is 4.79 Å². The third kappa shape index (κ3) is 1.49. The summed E-state index contributed by atoms with van der Waals surface area (Å²) in [5.41, 5.74) is 1.42. The Morgan fingerprint density at radius 1 is 1.56 bits per heavy atom. The molecule has 0 radical (unpaired) electrons. The Hall–Kier alpha value is -1.13. The second-order valence-corrected chi connectivity index (χ2v) is 5.48. The van der Waals surface area contributed by atoms with E-state index >= 15 is 0 Å². The van der Waals surface area contributed by atoms with Gasteiger partial charge in [0.1, 0.15) is 0 Å². The van der Waals surface area contributed by atoms with Crippen LogP contribution in [0.2, 0.25) is 0 Å². The fourth-order valence-electron chi connectivity index (χ4n) is 2.97. The number of carbonyl (C=O) groups excluding carboxylic acids is 1. The van der Waals surface area contributed by atoms with Crippen molar-refractivity contribution in [3.05, 3.63) is 29.8 Å². The van der Waals surface area contributed by atoms with Crippen LogP contribution in [0.15, 0.2) is 24.3 Å². The maximum atomic E-state index is 12.3. The molecule has 0 aliphatic carbocycles. The van der Waals surface area contributed by atoms with Crippen LogP contribution in [0.3, 0.4) is 0 Å². The summed E-state index contributed by atoms with van der Waals surface area (Å²) in [6, 6.07) is 9.94. The van der Waals surface area contributed by atoms with Crippen molar-refractivity contribution in [2.24, 2.45) is 0 Å². The van der Waals surface area contributed by atoms with E-state index in [4.69, 9.17) is 0 Å². The SMILES string of the molecule is N#C[C@@H]1C[C@@]2(CN1CI)C(=O)Nc1ccccc12. The molecule has 2 atom stereocenters. The molecular weight excluding hydrogens is 341 g/mol. The fraction of sp³-hybridized carbons (Fsp3) is 0.385. The van der Waals surface area contributed by atoms with Gasteiger partial charge in [-0.2, -0.15) is 5.26 Å². The molecule has 2 aliphatic rings. The van der Waals surface area contributed by atoms with E-state index in [1.807, 2.05) is 24.3 Å². The third-order valence-corrected chi connectivity index (χ3v) is 4.76. The van der Waals surface area contributed by atoms with Gasteiger partial charge in [0, 0.05) is 12.2 Å². The standard InChI is InChI=1S/C13H12IN3O/c14-8-17-7-13(5-9(17)6-15)10-3-1-2-4-11(10)16-12(13)18/h1-4,9H,5,7-8H2,(H,16,18)/t9-,13-/m0/s1. The number of para-hydroxylation sites is 1. The summed E-state index contributed by atoms with van der Waals surface area (Å²) in [5, 5.41) is 12.2. The van der Waals surface area contributed by atoms with E-state index in [-0.39, 0.29) is 11.9 Å². The van der Waals surface area contributed by atoms with E-state index in [1.54, 1.807) is 0 Å². The zero-order chi connectivity index (χ0) is 12.8. The molecule has 0 bridgehead atoms. The predicted molar refractivity (Wildman–Crippen MR) is 76.4 cm³/mol. The molecule has 1 amide bonds. The van der Waals surface area contributed by atoms with Crippen LogP contribution in [-0.2, 0) is 10.2 Å². The predicted octanol–water partition coefficient (Wildman–Crippen LogP) is 1.87. The molecule has 1 fully saturated rings. The minimum atomic E-state index is -0.526. The van der Waals surface area contributed by atoms with Gasteiger partial charge in [-0.05, 0) is 18.1 Å². The monoisotopic (exact) mass is 353 g/mol. The van der Waals surface area contributed by atoms with Crippen LogP contribution >= 0.6 is 22.6 Å². The number of fused-ring (bicyclic) bond motifs is 2. The lowest BCUT2D eigenvalue weighted by Gasteiger charge is -2.21. The van der Waals surface area contributed by atoms with Crippen molar-refractivity contribution >= 4 is 34.2 Å². The van der Waals surface area contributed by atoms with E-state index < -0.39 is 5.41 Å². The molecule has 1 saturated heterocycles. The molecule has 1 N–H and O–H groups in total. The molecule has 2 aliphatic heterocycles. The average molecular weight is 353 g/mol. The maximum absolute atomic E-state index is 12.3. The van der Waals surface area contributed by atoms with E-state index in [1.165, 1.54) is 0 Å². The normalized spacial score (nSPS) is 30.2. The highest BCUT2D eigenvalue weighted by Crippen LogP contribution is 2.46. The van der Waals surface area contributed by atoms with Crippen LogP contribution in [0.4, 0.5) is 5.69 Å². The van der Waals surface area contributed by atoms with E-state index in [0.717, 1.165) is 15.8 Å². The number of halogens is 1. The lowest BCUT2D eigenvalue weighted by Crippen LogP contribution is -2.37. The molecule has 0 aromatic heterocycles. The molecule has 1 spiro atoms. The summed E-state index contributed by atoms with van der Waals surface area (Å²) in [6.07, 6.45) is 0.593.